The summed E-state index contributed by atoms with van der Waals surface area (Å²) in [6.45, 7) is 6.84. The third kappa shape index (κ3) is 3.27. The van der Waals surface area contributed by atoms with Gasteiger partial charge in [0.1, 0.15) is 17.4 Å². The molecule has 7 atom stereocenters. The first kappa shape index (κ1) is 21.9. The zero-order chi connectivity index (χ0) is 22.7. The van der Waals surface area contributed by atoms with E-state index in [-0.39, 0.29) is 48.2 Å². The molecule has 0 aromatic rings. The Balaban J connectivity index is 1.53. The minimum absolute atomic E-state index is 0.116. The predicted molar refractivity (Wildman–Crippen MR) is 107 cm³/mol. The van der Waals surface area contributed by atoms with Crippen LogP contribution in [0.1, 0.15) is 27.7 Å². The monoisotopic (exact) mass is 433 g/mol. The van der Waals surface area contributed by atoms with E-state index in [1.165, 1.54) is 6.08 Å². The largest absolute Gasteiger partial charge is 0.507 e. The molecule has 4 fully saturated rings. The molecule has 0 spiro atoms. The van der Waals surface area contributed by atoms with Gasteiger partial charge in [0.25, 0.3) is 5.91 Å². The van der Waals surface area contributed by atoms with Gasteiger partial charge in [0.15, 0.2) is 23.3 Å². The van der Waals surface area contributed by atoms with Crippen molar-refractivity contribution in [2.24, 2.45) is 11.8 Å². The van der Waals surface area contributed by atoms with Crippen molar-refractivity contribution in [3.63, 3.8) is 0 Å². The molecule has 0 saturated carbocycles. The summed E-state index contributed by atoms with van der Waals surface area (Å²) in [4.78, 5) is 36.0. The molecule has 9 heteroatoms. The summed E-state index contributed by atoms with van der Waals surface area (Å²) in [7, 11) is 0. The number of epoxide rings is 1. The van der Waals surface area contributed by atoms with Gasteiger partial charge in [-0.05, 0) is 19.9 Å². The van der Waals surface area contributed by atoms with Crippen LogP contribution in [0.5, 0.6) is 0 Å². The average Bonchev–Trinajstić information content (AvgIpc) is 3.40. The van der Waals surface area contributed by atoms with Crippen LogP contribution >= 0.6 is 0 Å². The molecule has 31 heavy (non-hydrogen) atoms. The first-order chi connectivity index (χ1) is 14.5. The second kappa shape index (κ2) is 7.37. The Morgan fingerprint density at radius 1 is 1.26 bits per heavy atom. The normalized spacial score (nSPS) is 42.5. The number of carbonyl (C=O) groups excluding carboxylic acids is 3. The molecule has 0 radical (unpaired) electrons. The highest BCUT2D eigenvalue weighted by molar-refractivity contribution is 6.25. The smallest absolute Gasteiger partial charge is 0.259 e. The third-order valence-electron chi connectivity index (χ3n) is 6.67. The quantitative estimate of drug-likeness (QED) is 0.187. The Bertz CT molecular complexity index is 918. The molecule has 0 aliphatic carbocycles. The van der Waals surface area contributed by atoms with Crippen LogP contribution in [-0.4, -0.2) is 70.5 Å². The van der Waals surface area contributed by atoms with Crippen molar-refractivity contribution in [1.29, 1.82) is 0 Å². The molecule has 3 N–H and O–H groups in total. The molecule has 0 aromatic heterocycles. The van der Waals surface area contributed by atoms with E-state index in [1.807, 2.05) is 26.8 Å². The molecule has 4 aliphatic rings. The van der Waals surface area contributed by atoms with E-state index < -0.39 is 35.3 Å². The number of aliphatic hydroxyl groups is 2. The van der Waals surface area contributed by atoms with Gasteiger partial charge in [0, 0.05) is 11.8 Å². The van der Waals surface area contributed by atoms with Gasteiger partial charge in [-0.15, -0.1) is 0 Å². The van der Waals surface area contributed by atoms with E-state index in [1.54, 1.807) is 13.0 Å². The number of allylic oxidation sites excluding steroid dienone is 3. The number of fused-ring (bicyclic) bond motifs is 4. The number of hydrogen-bond donors (Lipinski definition) is 3. The fraction of sp³-hybridized carbons (Fsp3) is 0.591. The highest BCUT2D eigenvalue weighted by Crippen LogP contribution is 2.57. The lowest BCUT2D eigenvalue weighted by molar-refractivity contribution is -0.355. The van der Waals surface area contributed by atoms with Crippen LogP contribution < -0.4 is 5.32 Å². The zero-order valence-electron chi connectivity index (χ0n) is 17.9. The minimum Gasteiger partial charge on any atom is -0.507 e. The van der Waals surface area contributed by atoms with E-state index in [2.05, 4.69) is 5.32 Å². The number of rotatable bonds is 5. The van der Waals surface area contributed by atoms with Gasteiger partial charge >= 0.3 is 0 Å². The topological polar surface area (TPSA) is 135 Å². The SMILES string of the molecule is CC(/C=C/C(O)=C1/C(=O)CNC1=O)=C\[C@@H](C)[C@@H]1O[C@@]2(C)O[C@@H](C(=O)[C@@H]3O[C@@]32CO)[C@@H]1C. The van der Waals surface area contributed by atoms with E-state index >= 15 is 0 Å². The minimum atomic E-state index is -1.23. The Morgan fingerprint density at radius 3 is 2.58 bits per heavy atom. The van der Waals surface area contributed by atoms with E-state index in [0.29, 0.717) is 0 Å². The number of amides is 1. The van der Waals surface area contributed by atoms with Crippen LogP contribution in [-0.2, 0) is 28.6 Å². The second-order valence-electron chi connectivity index (χ2n) is 8.84. The van der Waals surface area contributed by atoms with Crippen LogP contribution in [0.25, 0.3) is 0 Å². The van der Waals surface area contributed by atoms with Gasteiger partial charge in [-0.3, -0.25) is 14.4 Å². The third-order valence-corrected chi connectivity index (χ3v) is 6.67. The molecule has 4 rings (SSSR count). The van der Waals surface area contributed by atoms with Crippen LogP contribution in [0, 0.1) is 11.8 Å². The Labute approximate surface area is 179 Å². The average molecular weight is 433 g/mol. The first-order valence-corrected chi connectivity index (χ1v) is 10.3. The Morgan fingerprint density at radius 2 is 1.97 bits per heavy atom. The molecule has 1 amide bonds. The number of nitrogens with one attached hydrogen (secondary N) is 1. The standard InChI is InChI=1S/C22H27NO8/c1-10(5-6-13(25)15-14(26)8-23-20(15)28)7-11(2)17-12(3)18-16(27)19-22(9-24,31-19)21(4,29-17)30-18/h5-7,11-12,17-19,24-25H,8-9H2,1-4H3,(H,23,28)/b6-5+,10-7+,15-13+/t11-,12-,17+,18-,19+,21+,22+/m1/s1. The summed E-state index contributed by atoms with van der Waals surface area (Å²) in [5.74, 6) is -3.20. The molecule has 4 saturated heterocycles. The van der Waals surface area contributed by atoms with Crippen LogP contribution in [0.15, 0.2) is 35.1 Å². The fourth-order valence-electron chi connectivity index (χ4n) is 4.82. The predicted octanol–water partition coefficient (Wildman–Crippen LogP) is 0.485. The van der Waals surface area contributed by atoms with E-state index in [9.17, 15) is 24.6 Å². The maximum atomic E-state index is 12.7. The van der Waals surface area contributed by atoms with Crippen molar-refractivity contribution >= 4 is 17.5 Å². The molecule has 4 heterocycles. The van der Waals surface area contributed by atoms with E-state index in [4.69, 9.17) is 14.2 Å². The van der Waals surface area contributed by atoms with Gasteiger partial charge in [-0.1, -0.05) is 31.6 Å². The summed E-state index contributed by atoms with van der Waals surface area (Å²) in [5.41, 5.74) is -0.637. The lowest BCUT2D eigenvalue weighted by Gasteiger charge is -2.51. The van der Waals surface area contributed by atoms with E-state index in [0.717, 1.165) is 5.57 Å². The van der Waals surface area contributed by atoms with Crippen molar-refractivity contribution in [2.75, 3.05) is 13.2 Å². The summed E-state index contributed by atoms with van der Waals surface area (Å²) in [5, 5.41) is 22.3. The maximum absolute atomic E-state index is 12.7. The number of aliphatic hydroxyl groups excluding tert-OH is 2. The first-order valence-electron chi connectivity index (χ1n) is 10.3. The lowest BCUT2D eigenvalue weighted by atomic mass is 9.78. The van der Waals surface area contributed by atoms with Crippen molar-refractivity contribution in [3.05, 3.63) is 35.1 Å². The molecule has 4 aliphatic heterocycles. The molecular formula is C22H27NO8. The van der Waals surface area contributed by atoms with Gasteiger partial charge < -0.3 is 29.7 Å². The molecule has 168 valence electrons. The summed E-state index contributed by atoms with van der Waals surface area (Å²) in [6, 6.07) is 0. The number of ketones is 2. The van der Waals surface area contributed by atoms with Gasteiger partial charge in [-0.2, -0.15) is 0 Å². The molecular weight excluding hydrogens is 406 g/mol. The molecule has 9 nitrogen and oxygen atoms in total. The number of carbonyl (C=O) groups is 3. The van der Waals surface area contributed by atoms with Gasteiger partial charge in [-0.25, -0.2) is 0 Å². The highest BCUT2D eigenvalue weighted by atomic mass is 16.8. The Kier molecular flexibility index (Phi) is 5.20. The van der Waals surface area contributed by atoms with Crippen LogP contribution in [0.3, 0.4) is 0 Å². The summed E-state index contributed by atoms with van der Waals surface area (Å²) >= 11 is 0. The fourth-order valence-corrected chi connectivity index (χ4v) is 4.82. The number of Topliss-reactive ketones (excluding diaryl/α,β-unsaturated/α-hetero) is 2. The number of hydrogen-bond acceptors (Lipinski definition) is 8. The molecule has 0 aromatic carbocycles. The van der Waals surface area contributed by atoms with Crippen molar-refractivity contribution in [2.45, 2.75) is 57.4 Å². The summed E-state index contributed by atoms with van der Waals surface area (Å²) < 4.78 is 17.8. The van der Waals surface area contributed by atoms with Crippen molar-refractivity contribution in [3.8, 4) is 0 Å². The van der Waals surface area contributed by atoms with Crippen molar-refractivity contribution in [1.82, 2.24) is 5.32 Å². The lowest BCUT2D eigenvalue weighted by Crippen LogP contribution is -2.67. The Hall–Kier alpha value is -2.33. The van der Waals surface area contributed by atoms with Crippen LogP contribution in [0.4, 0.5) is 0 Å². The second-order valence-corrected chi connectivity index (χ2v) is 8.84. The van der Waals surface area contributed by atoms with Gasteiger partial charge in [0.2, 0.25) is 5.79 Å². The van der Waals surface area contributed by atoms with Gasteiger partial charge in [0.05, 0.1) is 19.3 Å². The van der Waals surface area contributed by atoms with Crippen molar-refractivity contribution < 1.29 is 38.8 Å². The summed E-state index contributed by atoms with van der Waals surface area (Å²) in [6.07, 6.45) is 3.07. The maximum Gasteiger partial charge on any atom is 0.259 e. The zero-order valence-corrected chi connectivity index (χ0v) is 17.9. The number of ether oxygens (including phenoxy) is 3. The van der Waals surface area contributed by atoms with Crippen LogP contribution in [0.2, 0.25) is 0 Å². The molecule has 0 unspecified atom stereocenters. The molecule has 2 bridgehead atoms. The highest BCUT2D eigenvalue weighted by Gasteiger charge is 2.78.